The normalized spacial score (nSPS) is 48.9. The van der Waals surface area contributed by atoms with E-state index in [0.29, 0.717) is 0 Å². The smallest absolute Gasteiger partial charge is 0.188 e. The summed E-state index contributed by atoms with van der Waals surface area (Å²) in [5.41, 5.74) is 19.4. The van der Waals surface area contributed by atoms with Crippen molar-refractivity contribution in [1.82, 2.24) is 5.32 Å². The number of aldehydes is 1. The molecule has 1 saturated carbocycles. The number of hydrogen-bond acceptors (Lipinski definition) is 20. The Balaban J connectivity index is 1.61. The number of aliphatic hydroxyl groups is 10. The van der Waals surface area contributed by atoms with Crippen LogP contribution in [0.3, 0.4) is 0 Å². The fraction of sp³-hybridized carbons (Fsp3) is 0.889. The number of carbonyl (C=O) groups excluding carboxylic acids is 1. The largest absolute Gasteiger partial charge is 0.394 e. The summed E-state index contributed by atoms with van der Waals surface area (Å²) in [5.74, 6) is -1.11. The second-order valence-corrected chi connectivity index (χ2v) is 12.7. The topological polar surface area (TPSA) is 416 Å². The first-order valence-corrected chi connectivity index (χ1v) is 15.9. The second kappa shape index (κ2) is 16.7. The van der Waals surface area contributed by atoms with Crippen molar-refractivity contribution in [3.05, 3.63) is 0 Å². The summed E-state index contributed by atoms with van der Waals surface area (Å²) in [5, 5.41) is 109. The van der Waals surface area contributed by atoms with Crippen molar-refractivity contribution in [1.29, 1.82) is 0 Å². The summed E-state index contributed by atoms with van der Waals surface area (Å²) >= 11 is 0. The van der Waals surface area contributed by atoms with Crippen molar-refractivity contribution in [2.45, 2.75) is 129 Å². The number of guanidine groups is 2. The van der Waals surface area contributed by atoms with E-state index >= 15 is 0 Å². The highest BCUT2D eigenvalue weighted by atomic mass is 16.8. The summed E-state index contributed by atoms with van der Waals surface area (Å²) in [6.45, 7) is -0.340. The first-order valence-electron chi connectivity index (χ1n) is 15.9. The minimum Gasteiger partial charge on any atom is -0.394 e. The Morgan fingerprint density at radius 3 is 1.82 bits per heavy atom. The Bertz CT molecular complexity index is 1230. The summed E-state index contributed by atoms with van der Waals surface area (Å²) in [4.78, 5) is 20.0. The van der Waals surface area contributed by atoms with Gasteiger partial charge in [-0.1, -0.05) is 0 Å². The second-order valence-electron chi connectivity index (χ2n) is 12.7. The lowest BCUT2D eigenvalue weighted by molar-refractivity contribution is -0.357. The molecule has 3 aliphatic heterocycles. The van der Waals surface area contributed by atoms with Gasteiger partial charge in [-0.2, -0.15) is 0 Å². The maximum absolute atomic E-state index is 12.3. The highest BCUT2D eigenvalue weighted by Crippen LogP contribution is 2.39. The number of nitrogens with one attached hydrogen (secondary N) is 1. The molecule has 294 valence electrons. The van der Waals surface area contributed by atoms with Gasteiger partial charge in [-0.05, 0) is 14.0 Å². The van der Waals surface area contributed by atoms with Gasteiger partial charge in [0.25, 0.3) is 0 Å². The molecule has 4 fully saturated rings. The molecule has 0 unspecified atom stereocenters. The van der Waals surface area contributed by atoms with Crippen LogP contribution in [0.15, 0.2) is 9.98 Å². The highest BCUT2D eigenvalue weighted by molar-refractivity contribution is 5.76. The van der Waals surface area contributed by atoms with Crippen LogP contribution in [0.2, 0.25) is 0 Å². The van der Waals surface area contributed by atoms with E-state index in [1.165, 1.54) is 14.0 Å². The van der Waals surface area contributed by atoms with Crippen LogP contribution in [0, 0.1) is 0 Å². The maximum Gasteiger partial charge on any atom is 0.188 e. The summed E-state index contributed by atoms with van der Waals surface area (Å²) in [7, 11) is 1.36. The molecule has 24 heteroatoms. The first-order chi connectivity index (χ1) is 23.9. The predicted molar refractivity (Wildman–Crippen MR) is 166 cm³/mol. The Labute approximate surface area is 290 Å². The maximum atomic E-state index is 12.3. The van der Waals surface area contributed by atoms with Crippen LogP contribution in [-0.4, -0.2) is 211 Å². The minimum absolute atomic E-state index is 0.0944. The lowest BCUT2D eigenvalue weighted by atomic mass is 9.81. The molecule has 0 bridgehead atoms. The van der Waals surface area contributed by atoms with E-state index in [2.05, 4.69) is 15.3 Å². The Morgan fingerprint density at radius 2 is 1.27 bits per heavy atom. The monoisotopic (exact) mass is 743 g/mol. The van der Waals surface area contributed by atoms with Crippen molar-refractivity contribution in [2.75, 3.05) is 20.3 Å². The van der Waals surface area contributed by atoms with Gasteiger partial charge in [-0.25, -0.2) is 9.98 Å². The SMILES string of the molecule is CN[C@@H]1[C@H](O[C@H]2[C@H](O[C@@H]3[C@H](O)[C@@H](O)[C@@H](N=C(N)N)[C@H](O)[C@H]3N=C(N)N)O[C@@H](C)[C@]2(O)C=O)O[C@@H](CO)[C@@H](O[C@@H]2O[C@H](CO)[C@@H](O)[C@H](O)[C@@H]2O)[C@@H]1O. The molecule has 1 aliphatic carbocycles. The quantitative estimate of drug-likeness (QED) is 0.0501. The lowest BCUT2D eigenvalue weighted by Crippen LogP contribution is -2.68. The van der Waals surface area contributed by atoms with Crippen molar-refractivity contribution >= 4 is 18.2 Å². The molecule has 0 amide bonds. The molecule has 20 atom stereocenters. The molecule has 51 heavy (non-hydrogen) atoms. The number of nitrogens with two attached hydrogens (primary N) is 4. The van der Waals surface area contributed by atoms with Crippen molar-refractivity contribution in [3.63, 3.8) is 0 Å². The number of carbonyl (C=O) groups is 1. The number of nitrogens with zero attached hydrogens (tertiary/aromatic N) is 2. The number of aliphatic hydroxyl groups excluding tert-OH is 9. The summed E-state index contributed by atoms with van der Waals surface area (Å²) in [6.07, 6.45) is -27.0. The minimum atomic E-state index is -2.50. The average Bonchev–Trinajstić information content (AvgIpc) is 3.32. The molecular weight excluding hydrogens is 694 g/mol. The molecule has 0 radical (unpaired) electrons. The third kappa shape index (κ3) is 8.06. The number of rotatable bonds is 12. The predicted octanol–water partition coefficient (Wildman–Crippen LogP) is -10.3. The van der Waals surface area contributed by atoms with Gasteiger partial charge in [-0.15, -0.1) is 0 Å². The van der Waals surface area contributed by atoms with E-state index in [0.717, 1.165) is 0 Å². The third-order valence-electron chi connectivity index (χ3n) is 9.45. The van der Waals surface area contributed by atoms with Crippen LogP contribution in [0.5, 0.6) is 0 Å². The van der Waals surface area contributed by atoms with Crippen molar-refractivity contribution in [2.24, 2.45) is 32.9 Å². The number of ether oxygens (including phenoxy) is 6. The van der Waals surface area contributed by atoms with Gasteiger partial charge >= 0.3 is 0 Å². The Morgan fingerprint density at radius 1 is 0.706 bits per heavy atom. The zero-order valence-corrected chi connectivity index (χ0v) is 27.5. The molecule has 0 spiro atoms. The fourth-order valence-corrected chi connectivity index (χ4v) is 6.57. The van der Waals surface area contributed by atoms with Gasteiger partial charge < -0.3 is 108 Å². The number of hydrogen-bond donors (Lipinski definition) is 15. The van der Waals surface area contributed by atoms with E-state index in [1.807, 2.05) is 0 Å². The van der Waals surface area contributed by atoms with Gasteiger partial charge in [0.05, 0.1) is 25.4 Å². The van der Waals surface area contributed by atoms with Crippen molar-refractivity contribution in [3.8, 4) is 0 Å². The van der Waals surface area contributed by atoms with E-state index < -0.39 is 147 Å². The van der Waals surface area contributed by atoms with Gasteiger partial charge in [0.1, 0.15) is 85.3 Å². The standard InChI is InChI=1S/C27H49N7O17/c1-6-27(45,5-37)21(24(46-6)50-20-10(34-26(30)31)13(39)9(33-25(28)29)14(40)17(20)43)51-22-11(32-2)15(41)19(8(4-36)48-22)49-23-18(44)16(42)12(38)7(3-35)47-23/h5-24,32,35-36,38-45H,3-4H2,1-2H3,(H4,28,29,33)(H4,30,31,34)/t6-,7+,8-,9-,10+,11-,12+,13-,14-,15+,16-,17+,18-,19+,20-,21-,22-,23-,24-,27+/m0/s1. The molecule has 0 aromatic rings. The van der Waals surface area contributed by atoms with Crippen LogP contribution in [-0.2, 0) is 33.2 Å². The van der Waals surface area contributed by atoms with Gasteiger partial charge in [0.15, 0.2) is 42.7 Å². The van der Waals surface area contributed by atoms with Crippen LogP contribution in [0.1, 0.15) is 6.92 Å². The average molecular weight is 744 g/mol. The first kappa shape index (κ1) is 41.3. The molecule has 0 aromatic carbocycles. The Hall–Kier alpha value is -2.47. The molecular formula is C27H49N7O17. The summed E-state index contributed by atoms with van der Waals surface area (Å²) < 4.78 is 34.6. The van der Waals surface area contributed by atoms with Gasteiger partial charge in [0.2, 0.25) is 0 Å². The third-order valence-corrected chi connectivity index (χ3v) is 9.45. The van der Waals surface area contributed by atoms with E-state index in [-0.39, 0.29) is 6.29 Å². The number of aliphatic imine (C=N–C) groups is 2. The molecule has 0 aromatic heterocycles. The van der Waals surface area contributed by atoms with Crippen LogP contribution in [0.4, 0.5) is 0 Å². The van der Waals surface area contributed by atoms with E-state index in [9.17, 15) is 55.9 Å². The summed E-state index contributed by atoms with van der Waals surface area (Å²) in [6, 6.07) is -4.40. The zero-order chi connectivity index (χ0) is 38.1. The lowest BCUT2D eigenvalue weighted by Gasteiger charge is -2.48. The van der Waals surface area contributed by atoms with E-state index in [1.54, 1.807) is 0 Å². The molecule has 24 nitrogen and oxygen atoms in total. The van der Waals surface area contributed by atoms with Crippen LogP contribution in [0.25, 0.3) is 0 Å². The van der Waals surface area contributed by atoms with Crippen LogP contribution >= 0.6 is 0 Å². The molecule has 19 N–H and O–H groups in total. The highest BCUT2D eigenvalue weighted by Gasteiger charge is 2.61. The van der Waals surface area contributed by atoms with Crippen LogP contribution < -0.4 is 28.3 Å². The van der Waals surface area contributed by atoms with E-state index in [4.69, 9.17) is 51.4 Å². The fourth-order valence-electron chi connectivity index (χ4n) is 6.57. The van der Waals surface area contributed by atoms with Gasteiger partial charge in [-0.3, -0.25) is 4.79 Å². The molecule has 3 saturated heterocycles. The Kier molecular flexibility index (Phi) is 13.5. The number of likely N-dealkylation sites (N-methyl/N-ethyl adjacent to an activating group) is 1. The molecule has 3 heterocycles. The van der Waals surface area contributed by atoms with Crippen molar-refractivity contribution < 1.29 is 84.3 Å². The molecule has 4 aliphatic rings. The molecule has 4 rings (SSSR count). The zero-order valence-electron chi connectivity index (χ0n) is 27.5. The van der Waals surface area contributed by atoms with Gasteiger partial charge in [0, 0.05) is 0 Å².